The minimum Gasteiger partial charge on any atom is -0.388 e. The average molecular weight is 267 g/mol. The Morgan fingerprint density at radius 1 is 1.00 bits per heavy atom. The molecule has 1 rings (SSSR count). The molecule has 0 bridgehead atoms. The molecule has 0 aromatic heterocycles. The lowest BCUT2D eigenvalue weighted by Gasteiger charge is -2.06. The molecule has 0 fully saturated rings. The van der Waals surface area contributed by atoms with Gasteiger partial charge in [0, 0.05) is 12.7 Å². The Hall–Kier alpha value is -1.16. The van der Waals surface area contributed by atoms with Gasteiger partial charge in [-0.05, 0) is 18.2 Å². The Labute approximate surface area is 92.6 Å². The van der Waals surface area contributed by atoms with Crippen molar-refractivity contribution in [3.63, 3.8) is 0 Å². The summed E-state index contributed by atoms with van der Waals surface area (Å²) < 4.78 is 61.2. The largest absolute Gasteiger partial charge is 0.388 e. The Morgan fingerprint density at radius 2 is 1.50 bits per heavy atom. The molecule has 0 radical (unpaired) electrons. The zero-order valence-electron chi connectivity index (χ0n) is 8.08. The van der Waals surface area contributed by atoms with Crippen molar-refractivity contribution < 1.29 is 25.9 Å². The van der Waals surface area contributed by atoms with E-state index in [1.165, 1.54) is 13.1 Å². The summed E-state index contributed by atoms with van der Waals surface area (Å²) in [4.78, 5) is -1.74. The molecule has 0 spiro atoms. The van der Waals surface area contributed by atoms with E-state index in [-0.39, 0.29) is 5.69 Å². The fourth-order valence-electron chi connectivity index (χ4n) is 1.08. The summed E-state index contributed by atoms with van der Waals surface area (Å²) in [5.74, 6) is 0. The molecule has 9 heteroatoms. The highest BCUT2D eigenvalue weighted by Crippen LogP contribution is 2.24. The van der Waals surface area contributed by atoms with Crippen molar-refractivity contribution in [2.45, 2.75) is 9.79 Å². The normalized spacial score (nSPS) is 12.4. The van der Waals surface area contributed by atoms with Gasteiger partial charge in [-0.1, -0.05) is 0 Å². The van der Waals surface area contributed by atoms with E-state index < -0.39 is 30.0 Å². The Bertz CT molecular complexity index is 604. The summed E-state index contributed by atoms with van der Waals surface area (Å²) in [5, 5.41) is 2.57. The van der Waals surface area contributed by atoms with Crippen molar-refractivity contribution in [3.05, 3.63) is 18.2 Å². The first kappa shape index (κ1) is 12.9. The molecule has 1 aromatic rings. The van der Waals surface area contributed by atoms with Crippen LogP contribution in [0.5, 0.6) is 0 Å². The zero-order valence-corrected chi connectivity index (χ0v) is 9.71. The standard InChI is InChI=1S/C7H9NO6S2/c1-8-5-2-3-6(15(9,10)11)7(4-5)16(12,13)14/h2-4,8H,1H3,(H,9,10,11)(H,12,13,14). The summed E-state index contributed by atoms with van der Waals surface area (Å²) in [6.45, 7) is 0. The molecular formula is C7H9NO6S2. The van der Waals surface area contributed by atoms with Gasteiger partial charge in [-0.3, -0.25) is 9.11 Å². The molecule has 0 aliphatic carbocycles. The van der Waals surface area contributed by atoms with Gasteiger partial charge in [-0.2, -0.15) is 16.8 Å². The van der Waals surface area contributed by atoms with Gasteiger partial charge in [0.05, 0.1) is 0 Å². The van der Waals surface area contributed by atoms with Crippen molar-refractivity contribution in [1.29, 1.82) is 0 Å². The van der Waals surface area contributed by atoms with E-state index >= 15 is 0 Å². The number of rotatable bonds is 3. The second kappa shape index (κ2) is 4.01. The molecule has 0 atom stereocenters. The van der Waals surface area contributed by atoms with Gasteiger partial charge in [0.25, 0.3) is 20.2 Å². The maximum Gasteiger partial charge on any atom is 0.295 e. The second-order valence-electron chi connectivity index (χ2n) is 2.86. The van der Waals surface area contributed by atoms with Gasteiger partial charge in [-0.25, -0.2) is 0 Å². The molecule has 3 N–H and O–H groups in total. The molecule has 7 nitrogen and oxygen atoms in total. The van der Waals surface area contributed by atoms with Crippen molar-refractivity contribution in [1.82, 2.24) is 0 Å². The van der Waals surface area contributed by atoms with Gasteiger partial charge < -0.3 is 5.32 Å². The van der Waals surface area contributed by atoms with Crippen LogP contribution in [0.2, 0.25) is 0 Å². The lowest BCUT2D eigenvalue weighted by molar-refractivity contribution is 0.466. The van der Waals surface area contributed by atoms with Crippen LogP contribution in [0.3, 0.4) is 0 Å². The van der Waals surface area contributed by atoms with Crippen molar-refractivity contribution >= 4 is 25.9 Å². The summed E-state index contributed by atoms with van der Waals surface area (Å²) in [6.07, 6.45) is 0. The molecule has 0 unspecified atom stereocenters. The predicted octanol–water partition coefficient (Wildman–Crippen LogP) is 0.222. The fourth-order valence-corrected chi connectivity index (χ4v) is 2.86. The fraction of sp³-hybridized carbons (Fsp3) is 0.143. The number of nitrogens with one attached hydrogen (secondary N) is 1. The number of hydrogen-bond donors (Lipinski definition) is 3. The van der Waals surface area contributed by atoms with Crippen LogP contribution in [0.4, 0.5) is 5.69 Å². The molecule has 0 aliphatic heterocycles. The third kappa shape index (κ3) is 2.70. The lowest BCUT2D eigenvalue weighted by Crippen LogP contribution is -2.08. The third-order valence-electron chi connectivity index (χ3n) is 1.79. The average Bonchev–Trinajstić information content (AvgIpc) is 2.14. The summed E-state index contributed by atoms with van der Waals surface area (Å²) in [5.41, 5.74) is 0.278. The van der Waals surface area contributed by atoms with Crippen molar-refractivity contribution in [2.24, 2.45) is 0 Å². The van der Waals surface area contributed by atoms with E-state index in [2.05, 4.69) is 5.32 Å². The van der Waals surface area contributed by atoms with Gasteiger partial charge in [-0.15, -0.1) is 0 Å². The van der Waals surface area contributed by atoms with E-state index in [4.69, 9.17) is 9.11 Å². The van der Waals surface area contributed by atoms with Crippen LogP contribution in [0.15, 0.2) is 28.0 Å². The summed E-state index contributed by atoms with van der Waals surface area (Å²) in [6, 6.07) is 3.03. The molecular weight excluding hydrogens is 258 g/mol. The highest BCUT2D eigenvalue weighted by Gasteiger charge is 2.23. The van der Waals surface area contributed by atoms with Crippen LogP contribution in [-0.4, -0.2) is 33.0 Å². The van der Waals surface area contributed by atoms with E-state index in [9.17, 15) is 16.8 Å². The minimum atomic E-state index is -4.73. The topological polar surface area (TPSA) is 121 Å². The second-order valence-corrected chi connectivity index (χ2v) is 5.64. The van der Waals surface area contributed by atoms with E-state index in [1.807, 2.05) is 0 Å². The van der Waals surface area contributed by atoms with Crippen LogP contribution in [0.1, 0.15) is 0 Å². The minimum absolute atomic E-state index is 0.278. The molecule has 0 saturated carbocycles. The Morgan fingerprint density at radius 3 is 1.88 bits per heavy atom. The third-order valence-corrected chi connectivity index (χ3v) is 3.72. The zero-order chi connectivity index (χ0) is 12.6. The summed E-state index contributed by atoms with van der Waals surface area (Å²) >= 11 is 0. The highest BCUT2D eigenvalue weighted by atomic mass is 32.2. The lowest BCUT2D eigenvalue weighted by atomic mass is 10.3. The molecule has 16 heavy (non-hydrogen) atoms. The Kier molecular flexibility index (Phi) is 3.24. The first-order chi connectivity index (χ1) is 7.16. The first-order valence-corrected chi connectivity index (χ1v) is 6.81. The number of anilines is 1. The van der Waals surface area contributed by atoms with Crippen LogP contribution in [0.25, 0.3) is 0 Å². The molecule has 0 heterocycles. The van der Waals surface area contributed by atoms with Gasteiger partial charge >= 0.3 is 0 Å². The molecule has 1 aromatic carbocycles. The van der Waals surface area contributed by atoms with Crippen molar-refractivity contribution in [2.75, 3.05) is 12.4 Å². The van der Waals surface area contributed by atoms with Gasteiger partial charge in [0.15, 0.2) is 0 Å². The SMILES string of the molecule is CNc1ccc(S(=O)(=O)O)c(S(=O)(=O)O)c1. The quantitative estimate of drug-likeness (QED) is 0.670. The number of benzene rings is 1. The highest BCUT2D eigenvalue weighted by molar-refractivity contribution is 7.89. The van der Waals surface area contributed by atoms with Crippen LogP contribution in [0, 0.1) is 0 Å². The van der Waals surface area contributed by atoms with Gasteiger partial charge in [0.1, 0.15) is 9.79 Å². The maximum absolute atomic E-state index is 10.9. The van der Waals surface area contributed by atoms with E-state index in [0.717, 1.165) is 12.1 Å². The molecule has 0 aliphatic rings. The molecule has 90 valence electrons. The van der Waals surface area contributed by atoms with Crippen LogP contribution >= 0.6 is 0 Å². The summed E-state index contributed by atoms with van der Waals surface area (Å²) in [7, 11) is -7.95. The molecule has 0 amide bonds. The smallest absolute Gasteiger partial charge is 0.295 e. The predicted molar refractivity (Wildman–Crippen MR) is 55.6 cm³/mol. The van der Waals surface area contributed by atoms with Crippen molar-refractivity contribution in [3.8, 4) is 0 Å². The first-order valence-electron chi connectivity index (χ1n) is 3.93. The van der Waals surface area contributed by atoms with E-state index in [0.29, 0.717) is 0 Å². The monoisotopic (exact) mass is 267 g/mol. The number of hydrogen-bond acceptors (Lipinski definition) is 5. The van der Waals surface area contributed by atoms with Crippen LogP contribution < -0.4 is 5.32 Å². The molecule has 0 saturated heterocycles. The van der Waals surface area contributed by atoms with Gasteiger partial charge in [0.2, 0.25) is 0 Å². The Balaban J connectivity index is 3.66. The maximum atomic E-state index is 10.9. The van der Waals surface area contributed by atoms with E-state index in [1.54, 1.807) is 0 Å². The van der Waals surface area contributed by atoms with Crippen LogP contribution in [-0.2, 0) is 20.2 Å².